The third-order valence-electron chi connectivity index (χ3n) is 2.84. The lowest BCUT2D eigenvalue weighted by Gasteiger charge is -2.07. The van der Waals surface area contributed by atoms with Crippen molar-refractivity contribution in [3.63, 3.8) is 0 Å². The quantitative estimate of drug-likeness (QED) is 0.731. The van der Waals surface area contributed by atoms with Crippen LogP contribution in [0.15, 0.2) is 56.7 Å². The molecule has 0 aliphatic rings. The molecule has 0 aliphatic heterocycles. The average molecular weight is 332 g/mol. The summed E-state index contributed by atoms with van der Waals surface area (Å²) in [5.74, 6) is 0.543. The molecule has 0 spiro atoms. The first-order valence-corrected chi connectivity index (χ1v) is 7.68. The number of nitrogens with zero attached hydrogens (tertiary/aromatic N) is 1. The van der Waals surface area contributed by atoms with Gasteiger partial charge in [-0.1, -0.05) is 53.7 Å². The Hall–Kier alpha value is -1.24. The predicted octanol–water partition coefficient (Wildman–Crippen LogP) is 5.60. The maximum Gasteiger partial charge on any atom is 0.100 e. The monoisotopic (exact) mass is 331 g/mol. The van der Waals surface area contributed by atoms with Crippen molar-refractivity contribution in [2.24, 2.45) is 0 Å². The van der Waals surface area contributed by atoms with Gasteiger partial charge in [-0.3, -0.25) is 0 Å². The Morgan fingerprint density at radius 3 is 2.37 bits per heavy atom. The summed E-state index contributed by atoms with van der Waals surface area (Å²) in [5, 5.41) is 9.15. The van der Waals surface area contributed by atoms with Gasteiger partial charge in [-0.2, -0.15) is 5.26 Å². The summed E-state index contributed by atoms with van der Waals surface area (Å²) in [6, 6.07) is 16.6. The Labute approximate surface area is 126 Å². The van der Waals surface area contributed by atoms with E-state index in [1.54, 1.807) is 11.8 Å². The molecule has 2 aromatic rings. The number of rotatable bonds is 3. The van der Waals surface area contributed by atoms with E-state index in [2.05, 4.69) is 60.1 Å². The van der Waals surface area contributed by atoms with Crippen LogP contribution in [0.1, 0.15) is 30.9 Å². The molecule has 2 aromatic carbocycles. The first kappa shape index (κ1) is 14.2. The van der Waals surface area contributed by atoms with E-state index in [9.17, 15) is 0 Å². The molecule has 0 heterocycles. The van der Waals surface area contributed by atoms with E-state index in [4.69, 9.17) is 5.26 Å². The lowest BCUT2D eigenvalue weighted by molar-refractivity contribution is 0.865. The maximum absolute atomic E-state index is 9.15. The van der Waals surface area contributed by atoms with E-state index in [0.29, 0.717) is 11.5 Å². The zero-order valence-electron chi connectivity index (χ0n) is 10.9. The molecule has 0 aromatic heterocycles. The summed E-state index contributed by atoms with van der Waals surface area (Å²) >= 11 is 5.01. The van der Waals surface area contributed by atoms with Crippen molar-refractivity contribution in [2.45, 2.75) is 29.6 Å². The van der Waals surface area contributed by atoms with Crippen LogP contribution in [0.25, 0.3) is 0 Å². The first-order chi connectivity index (χ1) is 9.10. The molecule has 96 valence electrons. The van der Waals surface area contributed by atoms with Gasteiger partial charge in [0.2, 0.25) is 0 Å². The molecule has 0 radical (unpaired) electrons. The summed E-state index contributed by atoms with van der Waals surface area (Å²) in [6.07, 6.45) is 0. The van der Waals surface area contributed by atoms with Crippen LogP contribution in [0.3, 0.4) is 0 Å². The predicted molar refractivity (Wildman–Crippen MR) is 83.5 cm³/mol. The summed E-state index contributed by atoms with van der Waals surface area (Å²) in [6.45, 7) is 4.37. The van der Waals surface area contributed by atoms with E-state index in [-0.39, 0.29) is 0 Å². The van der Waals surface area contributed by atoms with Gasteiger partial charge in [0, 0.05) is 14.3 Å². The summed E-state index contributed by atoms with van der Waals surface area (Å²) in [5.41, 5.74) is 2.04. The fourth-order valence-electron chi connectivity index (χ4n) is 1.73. The highest BCUT2D eigenvalue weighted by Gasteiger charge is 2.05. The highest BCUT2D eigenvalue weighted by Crippen LogP contribution is 2.32. The lowest BCUT2D eigenvalue weighted by atomic mass is 10.0. The van der Waals surface area contributed by atoms with Gasteiger partial charge in [0.25, 0.3) is 0 Å². The van der Waals surface area contributed by atoms with E-state index in [1.807, 2.05) is 18.2 Å². The Morgan fingerprint density at radius 1 is 1.11 bits per heavy atom. The van der Waals surface area contributed by atoms with Crippen LogP contribution in [0.2, 0.25) is 0 Å². The van der Waals surface area contributed by atoms with Crippen LogP contribution in [0, 0.1) is 11.3 Å². The molecule has 0 saturated heterocycles. The van der Waals surface area contributed by atoms with Crippen LogP contribution < -0.4 is 0 Å². The summed E-state index contributed by atoms with van der Waals surface area (Å²) in [7, 11) is 0. The minimum absolute atomic E-state index is 0.543. The number of halogens is 1. The second kappa shape index (κ2) is 6.27. The fourth-order valence-corrected chi connectivity index (χ4v) is 2.96. The molecule has 0 unspecified atom stereocenters. The van der Waals surface area contributed by atoms with Gasteiger partial charge in [0.15, 0.2) is 0 Å². The zero-order chi connectivity index (χ0) is 13.8. The van der Waals surface area contributed by atoms with Gasteiger partial charge < -0.3 is 0 Å². The van der Waals surface area contributed by atoms with Crippen molar-refractivity contribution in [1.82, 2.24) is 0 Å². The molecule has 0 fully saturated rings. The minimum atomic E-state index is 0.543. The van der Waals surface area contributed by atoms with Crippen molar-refractivity contribution in [1.29, 1.82) is 5.26 Å². The molecule has 2 rings (SSSR count). The molecule has 3 heteroatoms. The van der Waals surface area contributed by atoms with E-state index in [1.165, 1.54) is 5.56 Å². The largest absolute Gasteiger partial charge is 0.192 e. The number of benzene rings is 2. The minimum Gasteiger partial charge on any atom is -0.192 e. The first-order valence-electron chi connectivity index (χ1n) is 6.07. The molecule has 0 N–H and O–H groups in total. The van der Waals surface area contributed by atoms with Crippen LogP contribution in [0.4, 0.5) is 0 Å². The van der Waals surface area contributed by atoms with Gasteiger partial charge in [0.05, 0.1) is 5.56 Å². The number of hydrogen-bond donors (Lipinski definition) is 0. The topological polar surface area (TPSA) is 23.8 Å². The average Bonchev–Trinajstić information content (AvgIpc) is 2.41. The molecule has 0 amide bonds. The molecule has 19 heavy (non-hydrogen) atoms. The fraction of sp³-hybridized carbons (Fsp3) is 0.188. The molecular weight excluding hydrogens is 318 g/mol. The molecule has 0 atom stereocenters. The summed E-state index contributed by atoms with van der Waals surface area (Å²) < 4.78 is 0.934. The zero-order valence-corrected chi connectivity index (χ0v) is 13.3. The SMILES string of the molecule is CC(C)c1ccc(Sc2ccc(Br)cc2C#N)cc1. The van der Waals surface area contributed by atoms with Crippen LogP contribution >= 0.6 is 27.7 Å². The van der Waals surface area contributed by atoms with Crippen LogP contribution in [-0.4, -0.2) is 0 Å². The maximum atomic E-state index is 9.15. The van der Waals surface area contributed by atoms with Crippen molar-refractivity contribution in [2.75, 3.05) is 0 Å². The Balaban J connectivity index is 2.24. The Kier molecular flexibility index (Phi) is 4.68. The molecule has 0 saturated carbocycles. The van der Waals surface area contributed by atoms with E-state index < -0.39 is 0 Å². The van der Waals surface area contributed by atoms with Gasteiger partial charge in [-0.25, -0.2) is 0 Å². The number of nitriles is 1. The van der Waals surface area contributed by atoms with Gasteiger partial charge in [-0.15, -0.1) is 0 Å². The van der Waals surface area contributed by atoms with Crippen molar-refractivity contribution in [3.8, 4) is 6.07 Å². The highest BCUT2D eigenvalue weighted by molar-refractivity contribution is 9.10. The van der Waals surface area contributed by atoms with Gasteiger partial charge in [0.1, 0.15) is 6.07 Å². The van der Waals surface area contributed by atoms with Crippen molar-refractivity contribution in [3.05, 3.63) is 58.1 Å². The Bertz CT molecular complexity index is 612. The normalized spacial score (nSPS) is 10.5. The third kappa shape index (κ3) is 3.62. The molecule has 0 aliphatic carbocycles. The molecular formula is C16H14BrNS. The second-order valence-electron chi connectivity index (χ2n) is 4.58. The Morgan fingerprint density at radius 2 is 1.79 bits per heavy atom. The lowest BCUT2D eigenvalue weighted by Crippen LogP contribution is -1.86. The highest BCUT2D eigenvalue weighted by atomic mass is 79.9. The molecule has 1 nitrogen and oxygen atoms in total. The second-order valence-corrected chi connectivity index (χ2v) is 6.61. The van der Waals surface area contributed by atoms with Crippen molar-refractivity contribution < 1.29 is 0 Å². The third-order valence-corrected chi connectivity index (χ3v) is 4.41. The van der Waals surface area contributed by atoms with Crippen molar-refractivity contribution >= 4 is 27.7 Å². The standard InChI is InChI=1S/C16H14BrNS/c1-11(2)12-3-6-15(7-4-12)19-16-8-5-14(17)9-13(16)10-18/h3-9,11H,1-2H3. The van der Waals surface area contributed by atoms with Gasteiger partial charge >= 0.3 is 0 Å². The van der Waals surface area contributed by atoms with Crippen LogP contribution in [-0.2, 0) is 0 Å². The smallest absolute Gasteiger partial charge is 0.100 e. The molecule has 0 bridgehead atoms. The van der Waals surface area contributed by atoms with Gasteiger partial charge in [-0.05, 0) is 41.8 Å². The van der Waals surface area contributed by atoms with Crippen LogP contribution in [0.5, 0.6) is 0 Å². The van der Waals surface area contributed by atoms with E-state index in [0.717, 1.165) is 14.3 Å². The van der Waals surface area contributed by atoms with E-state index >= 15 is 0 Å². The summed E-state index contributed by atoms with van der Waals surface area (Å²) in [4.78, 5) is 2.14. The number of hydrogen-bond acceptors (Lipinski definition) is 2.